The zero-order valence-electron chi connectivity index (χ0n) is 8.67. The molecule has 0 spiro atoms. The van der Waals surface area contributed by atoms with Crippen molar-refractivity contribution in [1.82, 2.24) is 4.98 Å². The largest absolute Gasteiger partial charge is 0.357 e. The van der Waals surface area contributed by atoms with E-state index in [0.717, 1.165) is 32.9 Å². The van der Waals surface area contributed by atoms with Crippen LogP contribution in [0.4, 0.5) is 0 Å². The van der Waals surface area contributed by atoms with Crippen molar-refractivity contribution in [3.63, 3.8) is 0 Å². The lowest BCUT2D eigenvalue weighted by Crippen LogP contribution is -1.92. The van der Waals surface area contributed by atoms with Gasteiger partial charge in [0.1, 0.15) is 0 Å². The summed E-state index contributed by atoms with van der Waals surface area (Å²) in [4.78, 5) is 14.4. The van der Waals surface area contributed by atoms with Gasteiger partial charge < -0.3 is 4.98 Å². The minimum atomic E-state index is 0.324. The van der Waals surface area contributed by atoms with E-state index in [4.69, 9.17) is 0 Å². The quantitative estimate of drug-likeness (QED) is 0.822. The highest BCUT2D eigenvalue weighted by Crippen LogP contribution is 2.30. The Kier molecular flexibility index (Phi) is 2.65. The lowest BCUT2D eigenvalue weighted by molar-refractivity contribution is 0.112. The fourth-order valence-corrected chi connectivity index (χ4v) is 2.27. The number of aldehydes is 1. The Morgan fingerprint density at radius 1 is 1.40 bits per heavy atom. The molecule has 0 bridgehead atoms. The molecule has 0 fully saturated rings. The van der Waals surface area contributed by atoms with E-state index in [0.29, 0.717) is 5.92 Å². The van der Waals surface area contributed by atoms with Crippen LogP contribution in [0.3, 0.4) is 0 Å². The summed E-state index contributed by atoms with van der Waals surface area (Å²) in [6, 6.07) is 5.88. The summed E-state index contributed by atoms with van der Waals surface area (Å²) in [5.74, 6) is 0.324. The van der Waals surface area contributed by atoms with Gasteiger partial charge in [0.05, 0.1) is 5.52 Å². The second kappa shape index (κ2) is 3.81. The minimum absolute atomic E-state index is 0.324. The van der Waals surface area contributed by atoms with Gasteiger partial charge >= 0.3 is 0 Å². The number of benzene rings is 1. The maximum atomic E-state index is 11.1. The van der Waals surface area contributed by atoms with Gasteiger partial charge in [-0.3, -0.25) is 4.79 Å². The van der Waals surface area contributed by atoms with E-state index in [1.54, 1.807) is 0 Å². The summed E-state index contributed by atoms with van der Waals surface area (Å²) in [7, 11) is 0. The second-order valence-corrected chi connectivity index (χ2v) is 4.74. The molecule has 1 aromatic heterocycles. The maximum absolute atomic E-state index is 11.1. The molecule has 1 heterocycles. The predicted molar refractivity (Wildman–Crippen MR) is 65.5 cm³/mol. The van der Waals surface area contributed by atoms with E-state index in [1.807, 2.05) is 18.2 Å². The molecule has 2 nitrogen and oxygen atoms in total. The van der Waals surface area contributed by atoms with Crippen molar-refractivity contribution in [1.29, 1.82) is 0 Å². The second-order valence-electron chi connectivity index (χ2n) is 3.89. The SMILES string of the molecule is CC(C)c1[nH]c2c(Br)cccc2c1C=O. The van der Waals surface area contributed by atoms with Gasteiger partial charge in [0, 0.05) is 21.1 Å². The zero-order chi connectivity index (χ0) is 11.0. The summed E-state index contributed by atoms with van der Waals surface area (Å²) in [6.45, 7) is 4.15. The Bertz CT molecular complexity index is 514. The van der Waals surface area contributed by atoms with E-state index < -0.39 is 0 Å². The van der Waals surface area contributed by atoms with Crippen molar-refractivity contribution in [2.75, 3.05) is 0 Å². The molecule has 3 heteroatoms. The molecule has 0 saturated carbocycles. The fraction of sp³-hybridized carbons (Fsp3) is 0.250. The number of aromatic amines is 1. The number of fused-ring (bicyclic) bond motifs is 1. The Labute approximate surface area is 96.8 Å². The molecular formula is C12H12BrNO. The molecule has 78 valence electrons. The number of para-hydroxylation sites is 1. The molecule has 1 N–H and O–H groups in total. The standard InChI is InChI=1S/C12H12BrNO/c1-7(2)11-9(6-15)8-4-3-5-10(13)12(8)14-11/h3-7,14H,1-2H3. The van der Waals surface area contributed by atoms with Gasteiger partial charge in [0.25, 0.3) is 0 Å². The Morgan fingerprint density at radius 3 is 2.73 bits per heavy atom. The van der Waals surface area contributed by atoms with Gasteiger partial charge in [-0.05, 0) is 27.9 Å². The third kappa shape index (κ3) is 1.61. The van der Waals surface area contributed by atoms with Gasteiger partial charge in [-0.1, -0.05) is 26.0 Å². The van der Waals surface area contributed by atoms with Crippen LogP contribution in [0.5, 0.6) is 0 Å². The van der Waals surface area contributed by atoms with Crippen LogP contribution in [0.15, 0.2) is 22.7 Å². The molecule has 0 radical (unpaired) electrons. The highest BCUT2D eigenvalue weighted by atomic mass is 79.9. The molecule has 15 heavy (non-hydrogen) atoms. The van der Waals surface area contributed by atoms with Crippen molar-refractivity contribution in [3.05, 3.63) is 33.9 Å². The average Bonchev–Trinajstić information content (AvgIpc) is 2.57. The van der Waals surface area contributed by atoms with Crippen LogP contribution in [0.25, 0.3) is 10.9 Å². The molecule has 2 rings (SSSR count). The van der Waals surface area contributed by atoms with Crippen molar-refractivity contribution in [2.24, 2.45) is 0 Å². The van der Waals surface area contributed by atoms with Crippen LogP contribution in [-0.4, -0.2) is 11.3 Å². The molecular weight excluding hydrogens is 254 g/mol. The molecule has 0 aliphatic rings. The molecule has 1 aromatic carbocycles. The molecule has 0 atom stereocenters. The number of halogens is 1. The number of hydrogen-bond donors (Lipinski definition) is 1. The zero-order valence-corrected chi connectivity index (χ0v) is 10.3. The van der Waals surface area contributed by atoms with Crippen LogP contribution >= 0.6 is 15.9 Å². The molecule has 0 unspecified atom stereocenters. The number of hydrogen-bond acceptors (Lipinski definition) is 1. The Balaban J connectivity index is 2.84. The monoisotopic (exact) mass is 265 g/mol. The summed E-state index contributed by atoms with van der Waals surface area (Å²) in [5.41, 5.74) is 2.79. The van der Waals surface area contributed by atoms with Crippen LogP contribution in [0.1, 0.15) is 35.8 Å². The van der Waals surface area contributed by atoms with Crippen molar-refractivity contribution >= 4 is 33.1 Å². The summed E-state index contributed by atoms with van der Waals surface area (Å²) >= 11 is 3.48. The molecule has 0 amide bonds. The summed E-state index contributed by atoms with van der Waals surface area (Å²) < 4.78 is 0.995. The normalized spacial score (nSPS) is 11.2. The number of nitrogens with one attached hydrogen (secondary N) is 1. The first-order valence-corrected chi connectivity index (χ1v) is 5.69. The van der Waals surface area contributed by atoms with Gasteiger partial charge in [-0.15, -0.1) is 0 Å². The van der Waals surface area contributed by atoms with E-state index in [1.165, 1.54) is 0 Å². The summed E-state index contributed by atoms with van der Waals surface area (Å²) in [5, 5.41) is 0.989. The number of aromatic nitrogens is 1. The van der Waals surface area contributed by atoms with E-state index in [2.05, 4.69) is 34.8 Å². The third-order valence-corrected chi connectivity index (χ3v) is 3.21. The number of rotatable bonds is 2. The van der Waals surface area contributed by atoms with Crippen molar-refractivity contribution < 1.29 is 4.79 Å². The summed E-state index contributed by atoms with van der Waals surface area (Å²) in [6.07, 6.45) is 0.931. The van der Waals surface area contributed by atoms with Crippen LogP contribution in [-0.2, 0) is 0 Å². The lowest BCUT2D eigenvalue weighted by atomic mass is 10.0. The predicted octanol–water partition coefficient (Wildman–Crippen LogP) is 3.87. The first-order valence-electron chi connectivity index (χ1n) is 4.90. The number of H-pyrrole nitrogens is 1. The smallest absolute Gasteiger partial charge is 0.152 e. The Hall–Kier alpha value is -1.09. The van der Waals surface area contributed by atoms with E-state index >= 15 is 0 Å². The molecule has 0 aliphatic heterocycles. The number of carbonyl (C=O) groups excluding carboxylic acids is 1. The van der Waals surface area contributed by atoms with Crippen LogP contribution < -0.4 is 0 Å². The van der Waals surface area contributed by atoms with Crippen molar-refractivity contribution in [2.45, 2.75) is 19.8 Å². The van der Waals surface area contributed by atoms with Gasteiger partial charge in [-0.2, -0.15) is 0 Å². The fourth-order valence-electron chi connectivity index (χ4n) is 1.81. The average molecular weight is 266 g/mol. The topological polar surface area (TPSA) is 32.9 Å². The highest BCUT2D eigenvalue weighted by Gasteiger charge is 2.14. The highest BCUT2D eigenvalue weighted by molar-refractivity contribution is 9.10. The molecule has 2 aromatic rings. The lowest BCUT2D eigenvalue weighted by Gasteiger charge is -2.01. The van der Waals surface area contributed by atoms with Gasteiger partial charge in [-0.25, -0.2) is 0 Å². The van der Waals surface area contributed by atoms with Crippen LogP contribution in [0.2, 0.25) is 0 Å². The van der Waals surface area contributed by atoms with E-state index in [9.17, 15) is 4.79 Å². The van der Waals surface area contributed by atoms with Crippen molar-refractivity contribution in [3.8, 4) is 0 Å². The third-order valence-electron chi connectivity index (χ3n) is 2.55. The maximum Gasteiger partial charge on any atom is 0.152 e. The molecule has 0 saturated heterocycles. The van der Waals surface area contributed by atoms with Gasteiger partial charge in [0.15, 0.2) is 6.29 Å². The first-order chi connectivity index (χ1) is 7.15. The molecule has 0 aliphatic carbocycles. The first kappa shape index (κ1) is 10.4. The van der Waals surface area contributed by atoms with E-state index in [-0.39, 0.29) is 0 Å². The minimum Gasteiger partial charge on any atom is -0.357 e. The number of carbonyl (C=O) groups is 1. The van der Waals surface area contributed by atoms with Crippen LogP contribution in [0, 0.1) is 0 Å². The van der Waals surface area contributed by atoms with Gasteiger partial charge in [0.2, 0.25) is 0 Å². The Morgan fingerprint density at radius 2 is 2.13 bits per heavy atom.